The molecular weight excluding hydrogens is 320 g/mol. The number of rotatable bonds is 15. The van der Waals surface area contributed by atoms with Crippen LogP contribution in [-0.2, 0) is 16.0 Å². The Morgan fingerprint density at radius 1 is 0.960 bits per heavy atom. The number of aliphatic imine (C=N–C) groups is 1. The van der Waals surface area contributed by atoms with Crippen LogP contribution < -0.4 is 10.6 Å². The Morgan fingerprint density at radius 2 is 1.72 bits per heavy atom. The molecule has 25 heavy (non-hydrogen) atoms. The van der Waals surface area contributed by atoms with Crippen LogP contribution in [0.15, 0.2) is 17.6 Å². The molecule has 0 saturated heterocycles. The zero-order chi connectivity index (χ0) is 18.0. The van der Waals surface area contributed by atoms with Crippen molar-refractivity contribution in [3.05, 3.63) is 12.7 Å². The number of unbranched alkanes of at least 4 members (excludes halogenated alkanes) is 2. The summed E-state index contributed by atoms with van der Waals surface area (Å²) in [6.45, 7) is 10.3. The molecule has 0 radical (unpaired) electrons. The Kier molecular flexibility index (Phi) is 13.5. The van der Waals surface area contributed by atoms with E-state index in [0.29, 0.717) is 19.8 Å². The van der Waals surface area contributed by atoms with Crippen LogP contribution in [0.3, 0.4) is 0 Å². The highest BCUT2D eigenvalue weighted by Gasteiger charge is 1.97. The van der Waals surface area contributed by atoms with Crippen molar-refractivity contribution in [3.8, 4) is 0 Å². The van der Waals surface area contributed by atoms with E-state index in [2.05, 4.69) is 39.7 Å². The van der Waals surface area contributed by atoms with Gasteiger partial charge in [-0.1, -0.05) is 13.3 Å². The van der Waals surface area contributed by atoms with Crippen molar-refractivity contribution in [3.63, 3.8) is 0 Å². The molecule has 0 bridgehead atoms. The van der Waals surface area contributed by atoms with E-state index in [1.165, 1.54) is 0 Å². The summed E-state index contributed by atoms with van der Waals surface area (Å²) in [6, 6.07) is 0. The molecule has 0 aliphatic rings. The van der Waals surface area contributed by atoms with Gasteiger partial charge < -0.3 is 24.7 Å². The Hall–Kier alpha value is -1.67. The smallest absolute Gasteiger partial charge is 0.191 e. The summed E-state index contributed by atoms with van der Waals surface area (Å²) in [5, 5.41) is 14.1. The molecule has 0 aliphatic carbocycles. The molecule has 0 fully saturated rings. The number of guanidine groups is 1. The lowest BCUT2D eigenvalue weighted by Crippen LogP contribution is -2.39. The molecular formula is C17H34N6O2. The first-order valence-electron chi connectivity index (χ1n) is 9.36. The van der Waals surface area contributed by atoms with Gasteiger partial charge in [0.2, 0.25) is 0 Å². The molecule has 0 saturated carbocycles. The van der Waals surface area contributed by atoms with Gasteiger partial charge in [0.25, 0.3) is 0 Å². The second kappa shape index (κ2) is 15.8. The maximum atomic E-state index is 5.54. The monoisotopic (exact) mass is 354 g/mol. The molecule has 0 unspecified atom stereocenters. The molecule has 1 aromatic heterocycles. The van der Waals surface area contributed by atoms with Crippen molar-refractivity contribution in [2.24, 2.45) is 4.99 Å². The fraction of sp³-hybridized carbons (Fsp3) is 0.824. The molecule has 8 heteroatoms. The summed E-state index contributed by atoms with van der Waals surface area (Å²) in [6.07, 6.45) is 7.84. The van der Waals surface area contributed by atoms with Gasteiger partial charge in [0.15, 0.2) is 5.96 Å². The van der Waals surface area contributed by atoms with Crippen LogP contribution in [0.4, 0.5) is 0 Å². The number of hydrogen-bond acceptors (Lipinski definition) is 5. The first-order chi connectivity index (χ1) is 12.4. The fourth-order valence-corrected chi connectivity index (χ4v) is 2.09. The van der Waals surface area contributed by atoms with Crippen molar-refractivity contribution >= 4 is 5.96 Å². The van der Waals surface area contributed by atoms with E-state index in [1.54, 1.807) is 12.7 Å². The van der Waals surface area contributed by atoms with E-state index >= 15 is 0 Å². The lowest BCUT2D eigenvalue weighted by atomic mass is 10.3. The van der Waals surface area contributed by atoms with Gasteiger partial charge in [0, 0.05) is 32.8 Å². The molecule has 0 spiro atoms. The van der Waals surface area contributed by atoms with Gasteiger partial charge in [0.1, 0.15) is 12.7 Å². The molecule has 0 atom stereocenters. The van der Waals surface area contributed by atoms with Gasteiger partial charge in [-0.05, 0) is 26.2 Å². The van der Waals surface area contributed by atoms with E-state index in [1.807, 2.05) is 4.57 Å². The van der Waals surface area contributed by atoms with E-state index < -0.39 is 0 Å². The van der Waals surface area contributed by atoms with Crippen molar-refractivity contribution in [1.29, 1.82) is 0 Å². The molecule has 2 N–H and O–H groups in total. The zero-order valence-corrected chi connectivity index (χ0v) is 15.7. The highest BCUT2D eigenvalue weighted by molar-refractivity contribution is 5.79. The third-order valence-corrected chi connectivity index (χ3v) is 3.46. The number of nitrogens with one attached hydrogen (secondary N) is 2. The van der Waals surface area contributed by atoms with Crippen molar-refractivity contribution in [2.75, 3.05) is 46.1 Å². The van der Waals surface area contributed by atoms with Crippen molar-refractivity contribution in [2.45, 2.75) is 46.1 Å². The molecule has 0 aliphatic heterocycles. The molecule has 1 rings (SSSR count). The minimum Gasteiger partial charge on any atom is -0.379 e. The SMILES string of the molecule is CCCCOCCOCCNC(=NCCCCn1cnnc1)NCC. The minimum absolute atomic E-state index is 0.641. The fourth-order valence-electron chi connectivity index (χ4n) is 2.09. The van der Waals surface area contributed by atoms with Crippen LogP contribution in [0, 0.1) is 0 Å². The zero-order valence-electron chi connectivity index (χ0n) is 15.7. The average Bonchev–Trinajstić information content (AvgIpc) is 3.13. The van der Waals surface area contributed by atoms with Gasteiger partial charge in [0.05, 0.1) is 19.8 Å². The standard InChI is InChI=1S/C17H34N6O2/c1-3-5-11-24-13-14-25-12-9-20-17(18-4-2)19-8-6-7-10-23-15-21-22-16-23/h15-16H,3-14H2,1-2H3,(H2,18,19,20). The van der Waals surface area contributed by atoms with Gasteiger partial charge >= 0.3 is 0 Å². The number of aromatic nitrogens is 3. The summed E-state index contributed by atoms with van der Waals surface area (Å²) in [4.78, 5) is 4.57. The number of nitrogens with zero attached hydrogens (tertiary/aromatic N) is 4. The Labute approximate surface area is 151 Å². The first kappa shape index (κ1) is 21.4. The number of hydrogen-bond donors (Lipinski definition) is 2. The quantitative estimate of drug-likeness (QED) is 0.282. The summed E-state index contributed by atoms with van der Waals surface area (Å²) >= 11 is 0. The highest BCUT2D eigenvalue weighted by Crippen LogP contribution is 1.94. The predicted octanol–water partition coefficient (Wildman–Crippen LogP) is 1.45. The maximum Gasteiger partial charge on any atom is 0.191 e. The molecule has 144 valence electrons. The van der Waals surface area contributed by atoms with Crippen LogP contribution >= 0.6 is 0 Å². The van der Waals surface area contributed by atoms with Gasteiger partial charge in [-0.15, -0.1) is 10.2 Å². The van der Waals surface area contributed by atoms with Crippen LogP contribution in [-0.4, -0.2) is 66.8 Å². The normalized spacial score (nSPS) is 11.7. The Balaban J connectivity index is 2.02. The van der Waals surface area contributed by atoms with Gasteiger partial charge in [-0.3, -0.25) is 4.99 Å². The molecule has 1 heterocycles. The molecule has 1 aromatic rings. The van der Waals surface area contributed by atoms with Crippen molar-refractivity contribution in [1.82, 2.24) is 25.4 Å². The molecule has 0 amide bonds. The van der Waals surface area contributed by atoms with Crippen LogP contribution in [0.1, 0.15) is 39.5 Å². The van der Waals surface area contributed by atoms with E-state index in [9.17, 15) is 0 Å². The summed E-state index contributed by atoms with van der Waals surface area (Å²) in [5.41, 5.74) is 0. The molecule has 0 aromatic carbocycles. The van der Waals surface area contributed by atoms with Gasteiger partial charge in [-0.25, -0.2) is 0 Å². The van der Waals surface area contributed by atoms with Crippen LogP contribution in [0.2, 0.25) is 0 Å². The minimum atomic E-state index is 0.641. The van der Waals surface area contributed by atoms with E-state index in [-0.39, 0.29) is 0 Å². The average molecular weight is 354 g/mol. The largest absolute Gasteiger partial charge is 0.379 e. The third-order valence-electron chi connectivity index (χ3n) is 3.46. The summed E-state index contributed by atoms with van der Waals surface area (Å²) in [5.74, 6) is 0.842. The van der Waals surface area contributed by atoms with Crippen molar-refractivity contribution < 1.29 is 9.47 Å². The molecule has 8 nitrogen and oxygen atoms in total. The van der Waals surface area contributed by atoms with Crippen LogP contribution in [0.5, 0.6) is 0 Å². The lowest BCUT2D eigenvalue weighted by Gasteiger charge is -2.11. The van der Waals surface area contributed by atoms with Gasteiger partial charge in [-0.2, -0.15) is 0 Å². The second-order valence-corrected chi connectivity index (χ2v) is 5.67. The number of ether oxygens (including phenoxy) is 2. The Morgan fingerprint density at radius 3 is 2.44 bits per heavy atom. The topological polar surface area (TPSA) is 85.6 Å². The first-order valence-corrected chi connectivity index (χ1v) is 9.36. The lowest BCUT2D eigenvalue weighted by molar-refractivity contribution is 0.0487. The summed E-state index contributed by atoms with van der Waals surface area (Å²) < 4.78 is 13.0. The summed E-state index contributed by atoms with van der Waals surface area (Å²) in [7, 11) is 0. The number of aryl methyl sites for hydroxylation is 1. The Bertz CT molecular complexity index is 425. The van der Waals surface area contributed by atoms with Crippen LogP contribution in [0.25, 0.3) is 0 Å². The maximum absolute atomic E-state index is 5.54. The van der Waals surface area contributed by atoms with E-state index in [4.69, 9.17) is 9.47 Å². The predicted molar refractivity (Wildman–Crippen MR) is 99.8 cm³/mol. The second-order valence-electron chi connectivity index (χ2n) is 5.67. The highest BCUT2D eigenvalue weighted by atomic mass is 16.5. The van der Waals surface area contributed by atoms with E-state index in [0.717, 1.165) is 64.4 Å². The third kappa shape index (κ3) is 12.4.